The number of rotatable bonds is 21. The van der Waals surface area contributed by atoms with E-state index in [0.717, 1.165) is 184 Å². The number of benzene rings is 9. The van der Waals surface area contributed by atoms with Gasteiger partial charge in [-0.1, -0.05) is 19.1 Å². The lowest BCUT2D eigenvalue weighted by atomic mass is 10.1. The average molecular weight is 1620 g/mol. The van der Waals surface area contributed by atoms with E-state index >= 15 is 0 Å². The summed E-state index contributed by atoms with van der Waals surface area (Å²) in [6.45, 7) is 14.0. The van der Waals surface area contributed by atoms with E-state index in [0.29, 0.717) is 85.5 Å². The van der Waals surface area contributed by atoms with E-state index in [9.17, 15) is 14.4 Å². The smallest absolute Gasteiger partial charge is 0.256 e. The third-order valence-corrected chi connectivity index (χ3v) is 23.5. The van der Waals surface area contributed by atoms with Gasteiger partial charge in [0, 0.05) is 137 Å². The molecule has 0 bridgehead atoms. The van der Waals surface area contributed by atoms with Crippen LogP contribution in [-0.2, 0) is 0 Å². The van der Waals surface area contributed by atoms with Crippen LogP contribution in [-0.4, -0.2) is 236 Å². The molecule has 614 valence electrons. The fraction of sp³-hybridized carbons (Fsp3) is 0.315. The van der Waals surface area contributed by atoms with Crippen molar-refractivity contribution in [3.63, 3.8) is 0 Å². The highest BCUT2D eigenvalue weighted by atomic mass is 16.7. The number of nitrogens with one attached hydrogen (secondary N) is 3. The second-order valence-corrected chi connectivity index (χ2v) is 30.7. The summed E-state index contributed by atoms with van der Waals surface area (Å²) in [6.07, 6.45) is 11.4. The third kappa shape index (κ3) is 16.5. The molecule has 3 aromatic heterocycles. The summed E-state index contributed by atoms with van der Waals surface area (Å²) in [6, 6.07) is 54.4. The van der Waals surface area contributed by atoms with E-state index in [2.05, 4.69) is 105 Å². The van der Waals surface area contributed by atoms with E-state index < -0.39 is 0 Å². The molecule has 0 radical (unpaired) electrons. The number of fused-ring (bicyclic) bond motifs is 9. The molecule has 0 spiro atoms. The fourth-order valence-corrected chi connectivity index (χ4v) is 16.6. The molecule has 8 aliphatic rings. The lowest BCUT2D eigenvalue weighted by Crippen LogP contribution is -2.46. The maximum Gasteiger partial charge on any atom is 0.256 e. The number of carbonyl (C=O) groups is 3. The van der Waals surface area contributed by atoms with E-state index in [1.807, 2.05) is 130 Å². The van der Waals surface area contributed by atoms with Gasteiger partial charge >= 0.3 is 0 Å². The van der Waals surface area contributed by atoms with Crippen molar-refractivity contribution < 1.29 is 57.0 Å². The number of likely N-dealkylation sites (N-methyl/N-ethyl adjacent to an activating group) is 2. The number of ether oxygens (including phenoxy) is 9. The summed E-state index contributed by atoms with van der Waals surface area (Å²) in [5.74, 6) is 7.16. The minimum absolute atomic E-state index is 0.0217. The first-order chi connectivity index (χ1) is 58.8. The summed E-state index contributed by atoms with van der Waals surface area (Å²) in [4.78, 5) is 92.8. The number of aliphatic imine (C=N–C) groups is 3. The first kappa shape index (κ1) is 77.7. The molecule has 5 saturated heterocycles. The summed E-state index contributed by atoms with van der Waals surface area (Å²) in [5, 5.41) is 0. The Labute approximate surface area is 693 Å². The Morgan fingerprint density at radius 1 is 0.367 bits per heavy atom. The molecule has 120 heavy (non-hydrogen) atoms. The number of para-hydroxylation sites is 2. The summed E-state index contributed by atoms with van der Waals surface area (Å²) in [5.41, 5.74) is 14.5. The van der Waals surface area contributed by atoms with E-state index in [-0.39, 0.29) is 56.2 Å². The number of amides is 3. The largest absolute Gasteiger partial charge is 0.493 e. The Morgan fingerprint density at radius 2 is 0.717 bits per heavy atom. The SMILES string of the molecule is CCN1CCN(c2ccc3nc(-c4ccc(OCOc5cc6c(cc5OC)C(=O)N5CCC[C@H]5C=N6)cc4)[nH]c3c2)CC1.COc1cc2c(cc1OCOc1ccc(-c3nc4ccc(N5CCN(C)CC5)cc4[nH]3)cc1)N=C[C@@H]1CCCN1C2=O.COc1cc2c(cc1OCOc1ccc(-c3nc4ccccc4[nH]3)cc1)N=C[C@@H]1CCCN1C2=O. The third-order valence-electron chi connectivity index (χ3n) is 23.5. The highest BCUT2D eigenvalue weighted by Gasteiger charge is 2.36. The maximum atomic E-state index is 13.1. The van der Waals surface area contributed by atoms with Crippen LogP contribution < -0.4 is 52.4 Å². The van der Waals surface area contributed by atoms with Crippen molar-refractivity contribution in [3.05, 3.63) is 187 Å². The van der Waals surface area contributed by atoms with Crippen molar-refractivity contribution in [1.29, 1.82) is 0 Å². The highest BCUT2D eigenvalue weighted by Crippen LogP contribution is 2.43. The molecule has 0 saturated carbocycles. The number of piperazine rings is 2. The highest BCUT2D eigenvalue weighted by molar-refractivity contribution is 6.05. The van der Waals surface area contributed by atoms with Gasteiger partial charge in [-0.15, -0.1) is 0 Å². The van der Waals surface area contributed by atoms with Crippen LogP contribution >= 0.6 is 0 Å². The Kier molecular flexibility index (Phi) is 22.4. The van der Waals surface area contributed by atoms with Crippen LogP contribution in [0.15, 0.2) is 185 Å². The summed E-state index contributed by atoms with van der Waals surface area (Å²) in [7, 11) is 6.83. The number of anilines is 2. The van der Waals surface area contributed by atoms with Crippen molar-refractivity contribution in [1.82, 2.24) is 54.4 Å². The number of aromatic nitrogens is 6. The van der Waals surface area contributed by atoms with Crippen LogP contribution in [0.25, 0.3) is 67.3 Å². The Bertz CT molecular complexity index is 5820. The first-order valence-electron chi connectivity index (χ1n) is 41.0. The molecule has 0 unspecified atom stereocenters. The standard InChI is InChI=1S/C33H36N6O4.C32H34N6O4.C27H24N4O4/c1-3-37-13-15-38(16-14-37)23-8-11-27-29(17-23)36-32(35-27)22-6-9-25(10-7-22)42-21-43-31-19-28-26(18-30(31)41-2)33(40)39-12-4-5-24(39)20-34-28;1-36-12-14-37(15-13-36)22-7-10-26-28(16-22)35-31(34-26)21-5-8-24(9-6-21)41-20-42-30-18-27-25(17-29(30)40-2)32(39)38-11-3-4-23(38)19-33-27;1-33-24-13-20-23(28-15-18-5-4-12-31(18)27(20)32)14-25(24)35-16-34-19-10-8-17(9-11-19)26-29-21-6-2-3-7-22(21)30-26/h6-11,17-20,24H,3-5,12-16,21H2,1-2H3,(H,35,36);5-10,16-19,23H,3-4,11-15,20H2,1-2H3,(H,34,35);2-3,6-11,13-15,18H,4-5,12,16H2,1H3,(H,29,30)/t24-;23-;18-/m000/s1. The van der Waals surface area contributed by atoms with Gasteiger partial charge in [0.05, 0.1) is 106 Å². The van der Waals surface area contributed by atoms with Crippen molar-refractivity contribution in [3.8, 4) is 85.9 Å². The number of methoxy groups -OCH3 is 3. The Hall–Kier alpha value is -13.5. The van der Waals surface area contributed by atoms with Gasteiger partial charge in [-0.2, -0.15) is 0 Å². The van der Waals surface area contributed by atoms with Crippen molar-refractivity contribution in [2.24, 2.45) is 15.0 Å². The number of H-pyrrole nitrogens is 3. The zero-order valence-electron chi connectivity index (χ0n) is 67.7. The monoisotopic (exact) mass is 1610 g/mol. The molecule has 3 amide bonds. The second-order valence-electron chi connectivity index (χ2n) is 30.7. The summed E-state index contributed by atoms with van der Waals surface area (Å²) < 4.78 is 51.8. The van der Waals surface area contributed by atoms with Gasteiger partial charge in [0.1, 0.15) is 34.7 Å². The van der Waals surface area contributed by atoms with Gasteiger partial charge in [-0.25, -0.2) is 15.0 Å². The molecule has 28 heteroatoms. The predicted octanol–water partition coefficient (Wildman–Crippen LogP) is 14.8. The van der Waals surface area contributed by atoms with Gasteiger partial charge in [0.15, 0.2) is 34.5 Å². The molecule has 9 aromatic carbocycles. The number of carbonyl (C=O) groups excluding carboxylic acids is 3. The molecule has 3 N–H and O–H groups in total. The van der Waals surface area contributed by atoms with Crippen molar-refractivity contribution in [2.45, 2.75) is 63.6 Å². The van der Waals surface area contributed by atoms with E-state index in [1.165, 1.54) is 11.4 Å². The molecular weight excluding hydrogens is 1520 g/mol. The normalized spacial score (nSPS) is 18.0. The number of nitrogens with zero attached hydrogens (tertiary/aromatic N) is 13. The molecule has 11 heterocycles. The van der Waals surface area contributed by atoms with Crippen LogP contribution in [0.1, 0.15) is 76.5 Å². The van der Waals surface area contributed by atoms with Crippen LogP contribution in [0.2, 0.25) is 0 Å². The van der Waals surface area contributed by atoms with E-state index in [1.54, 1.807) is 57.7 Å². The minimum atomic E-state index is -0.0272. The number of hydrogen-bond acceptors (Lipinski definition) is 22. The number of aromatic amines is 3. The quantitative estimate of drug-likeness (QED) is 0.0564. The molecule has 12 aromatic rings. The lowest BCUT2D eigenvalue weighted by molar-refractivity contribution is 0.0766. The zero-order valence-corrected chi connectivity index (χ0v) is 67.7. The average Bonchev–Trinajstić information content (AvgIpc) is 1.35. The number of imidazole rings is 3. The Balaban J connectivity index is 0.000000124. The van der Waals surface area contributed by atoms with Gasteiger partial charge in [0.2, 0.25) is 20.4 Å². The zero-order chi connectivity index (χ0) is 81.7. The topological polar surface area (TPSA) is 280 Å². The molecule has 28 nitrogen and oxygen atoms in total. The van der Waals surface area contributed by atoms with Crippen molar-refractivity contribution in [2.75, 3.05) is 137 Å². The first-order valence-corrected chi connectivity index (χ1v) is 41.0. The van der Waals surface area contributed by atoms with Gasteiger partial charge < -0.3 is 91.9 Å². The van der Waals surface area contributed by atoms with Crippen LogP contribution in [0.4, 0.5) is 28.4 Å². The van der Waals surface area contributed by atoms with Gasteiger partial charge in [-0.05, 0) is 192 Å². The Morgan fingerprint density at radius 3 is 1.07 bits per heavy atom. The van der Waals surface area contributed by atoms with Crippen LogP contribution in [0, 0.1) is 0 Å². The second kappa shape index (κ2) is 34.6. The molecule has 20 rings (SSSR count). The molecule has 8 aliphatic heterocycles. The lowest BCUT2D eigenvalue weighted by Gasteiger charge is -2.35. The molecule has 5 fully saturated rings. The fourth-order valence-electron chi connectivity index (χ4n) is 16.6. The van der Waals surface area contributed by atoms with Crippen molar-refractivity contribution >= 4 is 97.9 Å². The number of hydrogen-bond donors (Lipinski definition) is 3. The summed E-state index contributed by atoms with van der Waals surface area (Å²) >= 11 is 0. The van der Waals surface area contributed by atoms with E-state index in [4.69, 9.17) is 52.6 Å². The predicted molar refractivity (Wildman–Crippen MR) is 463 cm³/mol. The van der Waals surface area contributed by atoms with Gasteiger partial charge in [-0.3, -0.25) is 29.4 Å². The van der Waals surface area contributed by atoms with Crippen LogP contribution in [0.3, 0.4) is 0 Å². The minimum Gasteiger partial charge on any atom is -0.493 e. The molecular formula is C92H94N16O12. The van der Waals surface area contributed by atoms with Crippen LogP contribution in [0.5, 0.6) is 51.7 Å². The van der Waals surface area contributed by atoms with Gasteiger partial charge in [0.25, 0.3) is 17.7 Å². The molecule has 3 atom stereocenters. The maximum absolute atomic E-state index is 13.1. The molecule has 0 aliphatic carbocycles.